The van der Waals surface area contributed by atoms with Crippen molar-refractivity contribution in [2.24, 2.45) is 5.41 Å². The fraction of sp³-hybridized carbons (Fsp3) is 0.800. The van der Waals surface area contributed by atoms with Gasteiger partial charge in [0.1, 0.15) is 0 Å². The van der Waals surface area contributed by atoms with Gasteiger partial charge >= 0.3 is 11.9 Å². The van der Waals surface area contributed by atoms with Crippen LogP contribution >= 0.6 is 11.6 Å². The molecule has 0 bridgehead atoms. The summed E-state index contributed by atoms with van der Waals surface area (Å²) >= 11 is 5.16. The molecule has 0 heterocycles. The standard InChI is InChI=1S/C6H11ClO2.C4H8O2/c1-6(2,3)5(8)9-4-7;1-2-3-4(5)6/h4H2,1-3H3;2-3H2,1H3,(H,5,6). The first-order valence-electron chi connectivity index (χ1n) is 4.70. The number of halogens is 1. The van der Waals surface area contributed by atoms with Crippen molar-refractivity contribution >= 4 is 23.5 Å². The van der Waals surface area contributed by atoms with Gasteiger partial charge in [-0.2, -0.15) is 0 Å². The molecule has 0 aromatic rings. The first-order valence-corrected chi connectivity index (χ1v) is 5.24. The molecule has 0 fully saturated rings. The summed E-state index contributed by atoms with van der Waals surface area (Å²) in [5, 5.41) is 7.91. The topological polar surface area (TPSA) is 63.6 Å². The van der Waals surface area contributed by atoms with Crippen molar-refractivity contribution in [2.45, 2.75) is 40.5 Å². The smallest absolute Gasteiger partial charge is 0.312 e. The average Bonchev–Trinajstić information content (AvgIpc) is 2.03. The lowest BCUT2D eigenvalue weighted by Crippen LogP contribution is -2.22. The fourth-order valence-electron chi connectivity index (χ4n) is 0.480. The third kappa shape index (κ3) is 13.2. The van der Waals surface area contributed by atoms with Crippen LogP contribution in [-0.4, -0.2) is 23.1 Å². The number of hydrogen-bond donors (Lipinski definition) is 1. The summed E-state index contributed by atoms with van der Waals surface area (Å²) in [4.78, 5) is 20.4. The monoisotopic (exact) mass is 238 g/mol. The summed E-state index contributed by atoms with van der Waals surface area (Å²) < 4.78 is 4.53. The summed E-state index contributed by atoms with van der Waals surface area (Å²) in [6, 6.07) is -0.0594. The van der Waals surface area contributed by atoms with E-state index in [1.165, 1.54) is 0 Å². The van der Waals surface area contributed by atoms with Gasteiger partial charge in [-0.15, -0.1) is 0 Å². The number of rotatable bonds is 3. The molecule has 15 heavy (non-hydrogen) atoms. The number of esters is 1. The highest BCUT2D eigenvalue weighted by Crippen LogP contribution is 2.14. The largest absolute Gasteiger partial charge is 0.481 e. The van der Waals surface area contributed by atoms with E-state index in [2.05, 4.69) is 4.74 Å². The van der Waals surface area contributed by atoms with Crippen molar-refractivity contribution in [2.75, 3.05) is 6.07 Å². The molecule has 5 heteroatoms. The SMILES string of the molecule is CC(C)(C)C(=O)OCCl.CCCC(=O)O. The summed E-state index contributed by atoms with van der Waals surface area (Å²) in [5.74, 6) is -0.977. The zero-order valence-corrected chi connectivity index (χ0v) is 10.4. The van der Waals surface area contributed by atoms with Gasteiger partial charge in [-0.3, -0.25) is 9.59 Å². The summed E-state index contributed by atoms with van der Waals surface area (Å²) in [5.41, 5.74) is -0.436. The van der Waals surface area contributed by atoms with Crippen molar-refractivity contribution in [1.82, 2.24) is 0 Å². The average molecular weight is 239 g/mol. The minimum atomic E-state index is -0.711. The summed E-state index contributed by atoms with van der Waals surface area (Å²) in [7, 11) is 0. The van der Waals surface area contributed by atoms with Crippen LogP contribution in [0, 0.1) is 5.41 Å². The highest BCUT2D eigenvalue weighted by Gasteiger charge is 2.22. The Labute approximate surface area is 95.6 Å². The Morgan fingerprint density at radius 3 is 1.87 bits per heavy atom. The molecule has 0 saturated carbocycles. The molecule has 0 aromatic carbocycles. The lowest BCUT2D eigenvalue weighted by atomic mass is 9.98. The number of aliphatic carboxylic acids is 1. The van der Waals surface area contributed by atoms with Crippen LogP contribution in [0.3, 0.4) is 0 Å². The Bertz CT molecular complexity index is 196. The molecule has 0 spiro atoms. The molecule has 0 atom stereocenters. The zero-order valence-electron chi connectivity index (χ0n) is 9.67. The third-order valence-corrected chi connectivity index (χ3v) is 1.37. The third-order valence-electron chi connectivity index (χ3n) is 1.26. The molecule has 0 rings (SSSR count). The van der Waals surface area contributed by atoms with Crippen LogP contribution in [0.15, 0.2) is 0 Å². The van der Waals surface area contributed by atoms with Gasteiger partial charge in [0.05, 0.1) is 5.41 Å². The molecule has 1 N–H and O–H groups in total. The molecule has 0 radical (unpaired) electrons. The minimum absolute atomic E-state index is 0.0594. The lowest BCUT2D eigenvalue weighted by molar-refractivity contribution is -0.150. The zero-order chi connectivity index (χ0) is 12.5. The van der Waals surface area contributed by atoms with E-state index in [4.69, 9.17) is 16.7 Å². The molecule has 90 valence electrons. The predicted octanol–water partition coefficient (Wildman–Crippen LogP) is 2.64. The maximum Gasteiger partial charge on any atom is 0.312 e. The molecular formula is C10H19ClO4. The van der Waals surface area contributed by atoms with Gasteiger partial charge < -0.3 is 9.84 Å². The second kappa shape index (κ2) is 8.53. The summed E-state index contributed by atoms with van der Waals surface area (Å²) in [6.45, 7) is 7.18. The molecule has 0 aliphatic rings. The van der Waals surface area contributed by atoms with Crippen molar-refractivity contribution in [3.63, 3.8) is 0 Å². The van der Waals surface area contributed by atoms with Crippen LogP contribution in [0.5, 0.6) is 0 Å². The molecule has 0 aliphatic carbocycles. The molecular weight excluding hydrogens is 220 g/mol. The Balaban J connectivity index is 0. The Hall–Kier alpha value is -0.770. The van der Waals surface area contributed by atoms with Crippen molar-refractivity contribution in [3.8, 4) is 0 Å². The van der Waals surface area contributed by atoms with E-state index in [1.54, 1.807) is 20.8 Å². The van der Waals surface area contributed by atoms with Crippen molar-refractivity contribution in [1.29, 1.82) is 0 Å². The normalized spacial score (nSPS) is 9.93. The van der Waals surface area contributed by atoms with E-state index >= 15 is 0 Å². The second-order valence-corrected chi connectivity index (χ2v) is 4.15. The van der Waals surface area contributed by atoms with Gasteiger partial charge in [0, 0.05) is 6.42 Å². The molecule has 0 aromatic heterocycles. The van der Waals surface area contributed by atoms with Gasteiger partial charge in [-0.1, -0.05) is 18.5 Å². The van der Waals surface area contributed by atoms with Gasteiger partial charge in [0.15, 0.2) is 6.07 Å². The van der Waals surface area contributed by atoms with Crippen LogP contribution in [-0.2, 0) is 14.3 Å². The molecule has 0 saturated heterocycles. The number of ether oxygens (including phenoxy) is 1. The first-order chi connectivity index (χ1) is 6.75. The predicted molar refractivity (Wildman–Crippen MR) is 58.8 cm³/mol. The maximum absolute atomic E-state index is 10.8. The van der Waals surface area contributed by atoms with E-state index in [-0.39, 0.29) is 12.0 Å². The van der Waals surface area contributed by atoms with E-state index in [0.717, 1.165) is 6.42 Å². The van der Waals surface area contributed by atoms with Gasteiger partial charge in [-0.05, 0) is 27.2 Å². The quantitative estimate of drug-likeness (QED) is 0.607. The lowest BCUT2D eigenvalue weighted by Gasteiger charge is -2.14. The second-order valence-electron chi connectivity index (χ2n) is 3.93. The Morgan fingerprint density at radius 2 is 1.80 bits per heavy atom. The van der Waals surface area contributed by atoms with Crippen LogP contribution < -0.4 is 0 Å². The van der Waals surface area contributed by atoms with Crippen molar-refractivity contribution < 1.29 is 19.4 Å². The van der Waals surface area contributed by atoms with E-state index < -0.39 is 11.4 Å². The summed E-state index contributed by atoms with van der Waals surface area (Å²) in [6.07, 6.45) is 1.02. The van der Waals surface area contributed by atoms with Gasteiger partial charge in [0.2, 0.25) is 0 Å². The van der Waals surface area contributed by atoms with E-state index in [1.807, 2.05) is 6.92 Å². The number of hydrogen-bond acceptors (Lipinski definition) is 3. The number of carboxylic acid groups (broad SMARTS) is 1. The Kier molecular flexibility index (Phi) is 9.47. The Morgan fingerprint density at radius 1 is 1.33 bits per heavy atom. The number of carbonyl (C=O) groups is 2. The van der Waals surface area contributed by atoms with Crippen LogP contribution in [0.1, 0.15) is 40.5 Å². The maximum atomic E-state index is 10.8. The highest BCUT2D eigenvalue weighted by atomic mass is 35.5. The van der Waals surface area contributed by atoms with Crippen LogP contribution in [0.2, 0.25) is 0 Å². The minimum Gasteiger partial charge on any atom is -0.481 e. The van der Waals surface area contributed by atoms with Crippen LogP contribution in [0.25, 0.3) is 0 Å². The number of carbonyl (C=O) groups excluding carboxylic acids is 1. The van der Waals surface area contributed by atoms with Gasteiger partial charge in [-0.25, -0.2) is 0 Å². The molecule has 0 unspecified atom stereocenters. The molecule has 0 amide bonds. The van der Waals surface area contributed by atoms with E-state index in [0.29, 0.717) is 6.42 Å². The van der Waals surface area contributed by atoms with E-state index in [9.17, 15) is 9.59 Å². The van der Waals surface area contributed by atoms with Gasteiger partial charge in [0.25, 0.3) is 0 Å². The van der Waals surface area contributed by atoms with Crippen LogP contribution in [0.4, 0.5) is 0 Å². The molecule has 0 aliphatic heterocycles. The first kappa shape index (κ1) is 16.7. The van der Waals surface area contributed by atoms with Crippen molar-refractivity contribution in [3.05, 3.63) is 0 Å². The fourth-order valence-corrected chi connectivity index (χ4v) is 0.579. The number of alkyl halides is 1. The highest BCUT2D eigenvalue weighted by molar-refractivity contribution is 6.17. The molecule has 4 nitrogen and oxygen atoms in total. The number of carboxylic acids is 1.